The molecule has 0 unspecified atom stereocenters. The van der Waals surface area contributed by atoms with E-state index in [1.165, 1.54) is 12.4 Å². The van der Waals surface area contributed by atoms with Crippen molar-refractivity contribution in [2.45, 2.75) is 6.04 Å². The molecule has 5 rings (SSSR count). The van der Waals surface area contributed by atoms with Crippen LogP contribution in [0, 0.1) is 17.1 Å². The SMILES string of the molecule is N#Cc1ccccc1-c1ncnc(Nc2cnc(N3CCN(C4COC4)CC3)c(F)c2)n1. The van der Waals surface area contributed by atoms with Crippen LogP contribution in [0.2, 0.25) is 0 Å². The number of piperazine rings is 1. The number of pyridine rings is 1. The largest absolute Gasteiger partial charge is 0.378 e. The fourth-order valence-corrected chi connectivity index (χ4v) is 3.86. The van der Waals surface area contributed by atoms with Crippen molar-refractivity contribution < 1.29 is 9.13 Å². The third-order valence-electron chi connectivity index (χ3n) is 5.69. The molecule has 1 N–H and O–H groups in total. The zero-order valence-electron chi connectivity index (χ0n) is 17.3. The van der Waals surface area contributed by atoms with Crippen molar-refractivity contribution in [3.05, 3.63) is 54.2 Å². The first-order valence-electron chi connectivity index (χ1n) is 10.4. The van der Waals surface area contributed by atoms with Crippen LogP contribution in [0.4, 0.5) is 21.8 Å². The molecule has 0 spiro atoms. The first-order valence-corrected chi connectivity index (χ1v) is 10.4. The molecule has 0 saturated carbocycles. The Morgan fingerprint density at radius 3 is 2.62 bits per heavy atom. The van der Waals surface area contributed by atoms with E-state index in [-0.39, 0.29) is 5.95 Å². The fourth-order valence-electron chi connectivity index (χ4n) is 3.86. The van der Waals surface area contributed by atoms with Crippen LogP contribution < -0.4 is 10.2 Å². The van der Waals surface area contributed by atoms with Gasteiger partial charge in [0.25, 0.3) is 0 Å². The van der Waals surface area contributed by atoms with Gasteiger partial charge >= 0.3 is 0 Å². The lowest BCUT2D eigenvalue weighted by Gasteiger charge is -2.42. The molecule has 3 aromatic rings. The molecular weight excluding hydrogens is 411 g/mol. The molecule has 0 atom stereocenters. The maximum Gasteiger partial charge on any atom is 0.230 e. The molecule has 2 aliphatic heterocycles. The van der Waals surface area contributed by atoms with Crippen molar-refractivity contribution in [1.82, 2.24) is 24.8 Å². The fraction of sp³-hybridized carbons (Fsp3) is 0.318. The lowest BCUT2D eigenvalue weighted by Crippen LogP contribution is -2.56. The molecule has 10 heteroatoms. The molecule has 0 radical (unpaired) electrons. The molecule has 0 amide bonds. The second-order valence-corrected chi connectivity index (χ2v) is 7.66. The number of nitrogens with zero attached hydrogens (tertiary/aromatic N) is 7. The Morgan fingerprint density at radius 1 is 1.09 bits per heavy atom. The van der Waals surface area contributed by atoms with Gasteiger partial charge in [0.05, 0.1) is 42.8 Å². The van der Waals surface area contributed by atoms with E-state index in [0.29, 0.717) is 34.5 Å². The lowest BCUT2D eigenvalue weighted by atomic mass is 10.1. The molecule has 2 fully saturated rings. The summed E-state index contributed by atoms with van der Waals surface area (Å²) >= 11 is 0. The Hall–Kier alpha value is -3.68. The molecule has 9 nitrogen and oxygen atoms in total. The maximum absolute atomic E-state index is 14.8. The number of hydrogen-bond acceptors (Lipinski definition) is 9. The molecule has 162 valence electrons. The molecule has 0 aliphatic carbocycles. The Kier molecular flexibility index (Phi) is 5.58. The Bertz CT molecular complexity index is 1150. The summed E-state index contributed by atoms with van der Waals surface area (Å²) in [6.45, 7) is 4.76. The van der Waals surface area contributed by atoms with Crippen molar-refractivity contribution in [3.8, 4) is 17.5 Å². The van der Waals surface area contributed by atoms with Gasteiger partial charge in [0.1, 0.15) is 6.33 Å². The molecule has 4 heterocycles. The zero-order valence-corrected chi connectivity index (χ0v) is 17.3. The average Bonchev–Trinajstić information content (AvgIpc) is 2.79. The predicted molar refractivity (Wildman–Crippen MR) is 116 cm³/mol. The van der Waals surface area contributed by atoms with Crippen molar-refractivity contribution >= 4 is 17.5 Å². The van der Waals surface area contributed by atoms with E-state index >= 15 is 0 Å². The topological polar surface area (TPSA) is 103 Å². The monoisotopic (exact) mass is 432 g/mol. The van der Waals surface area contributed by atoms with E-state index in [4.69, 9.17) is 4.74 Å². The van der Waals surface area contributed by atoms with E-state index in [9.17, 15) is 9.65 Å². The third-order valence-corrected chi connectivity index (χ3v) is 5.69. The molecule has 32 heavy (non-hydrogen) atoms. The van der Waals surface area contributed by atoms with E-state index in [0.717, 1.165) is 39.4 Å². The number of nitrogens with one attached hydrogen (secondary N) is 1. The summed E-state index contributed by atoms with van der Waals surface area (Å²) in [6.07, 6.45) is 2.92. The number of ether oxygens (including phenoxy) is 1. The van der Waals surface area contributed by atoms with E-state index in [1.54, 1.807) is 24.4 Å². The quantitative estimate of drug-likeness (QED) is 0.650. The molecule has 2 saturated heterocycles. The van der Waals surface area contributed by atoms with Crippen LogP contribution in [0.5, 0.6) is 0 Å². The Balaban J connectivity index is 1.29. The van der Waals surface area contributed by atoms with Crippen LogP contribution in [-0.4, -0.2) is 70.3 Å². The van der Waals surface area contributed by atoms with Crippen molar-refractivity contribution in [2.24, 2.45) is 0 Å². The van der Waals surface area contributed by atoms with Gasteiger partial charge in [0.15, 0.2) is 17.5 Å². The first-order chi connectivity index (χ1) is 15.7. The highest BCUT2D eigenvalue weighted by atomic mass is 19.1. The summed E-state index contributed by atoms with van der Waals surface area (Å²) in [6, 6.07) is 11.1. The minimum Gasteiger partial charge on any atom is -0.378 e. The minimum atomic E-state index is -0.403. The second kappa shape index (κ2) is 8.82. The van der Waals surface area contributed by atoms with E-state index in [1.807, 2.05) is 11.0 Å². The molecule has 1 aromatic carbocycles. The van der Waals surface area contributed by atoms with Gasteiger partial charge in [-0.2, -0.15) is 10.2 Å². The van der Waals surface area contributed by atoms with Crippen LogP contribution in [0.3, 0.4) is 0 Å². The Morgan fingerprint density at radius 2 is 1.91 bits per heavy atom. The standard InChI is InChI=1S/C22H21FN8O/c23-19-9-16(11-25-21(19)31-7-5-30(6-8-31)17-12-32-13-17)28-22-27-14-26-20(29-22)18-4-2-1-3-15(18)10-24/h1-4,9,11,14,17H,5-8,12-13H2,(H,26,27,28,29). The van der Waals surface area contributed by atoms with Crippen LogP contribution in [0.15, 0.2) is 42.9 Å². The van der Waals surface area contributed by atoms with Crippen molar-refractivity contribution in [2.75, 3.05) is 49.6 Å². The molecular formula is C22H21FN8O. The second-order valence-electron chi connectivity index (χ2n) is 7.66. The number of nitriles is 1. The summed E-state index contributed by atoms with van der Waals surface area (Å²) in [5.74, 6) is 0.548. The summed E-state index contributed by atoms with van der Waals surface area (Å²) in [5, 5.41) is 12.3. The van der Waals surface area contributed by atoms with Gasteiger partial charge in [-0.3, -0.25) is 4.90 Å². The molecule has 0 bridgehead atoms. The predicted octanol–water partition coefficient (Wildman–Crippen LogP) is 2.21. The highest BCUT2D eigenvalue weighted by Crippen LogP contribution is 2.24. The minimum absolute atomic E-state index is 0.244. The lowest BCUT2D eigenvalue weighted by molar-refractivity contribution is -0.0661. The average molecular weight is 432 g/mol. The van der Waals surface area contributed by atoms with Crippen LogP contribution in [-0.2, 0) is 4.74 Å². The third kappa shape index (κ3) is 4.08. The van der Waals surface area contributed by atoms with Crippen LogP contribution >= 0.6 is 0 Å². The van der Waals surface area contributed by atoms with Crippen LogP contribution in [0.25, 0.3) is 11.4 Å². The number of anilines is 3. The summed E-state index contributed by atoms with van der Waals surface area (Å²) in [5.41, 5.74) is 1.50. The van der Waals surface area contributed by atoms with Gasteiger partial charge in [-0.25, -0.2) is 19.3 Å². The van der Waals surface area contributed by atoms with E-state index in [2.05, 4.69) is 36.2 Å². The van der Waals surface area contributed by atoms with Crippen molar-refractivity contribution in [1.29, 1.82) is 5.26 Å². The highest BCUT2D eigenvalue weighted by Gasteiger charge is 2.29. The summed E-state index contributed by atoms with van der Waals surface area (Å²) in [7, 11) is 0. The number of rotatable bonds is 5. The highest BCUT2D eigenvalue weighted by molar-refractivity contribution is 5.65. The zero-order chi connectivity index (χ0) is 21.9. The van der Waals surface area contributed by atoms with Gasteiger partial charge in [0, 0.05) is 37.8 Å². The number of halogens is 1. The smallest absolute Gasteiger partial charge is 0.230 e. The number of benzene rings is 1. The van der Waals surface area contributed by atoms with Gasteiger partial charge in [0.2, 0.25) is 5.95 Å². The van der Waals surface area contributed by atoms with Gasteiger partial charge < -0.3 is 15.0 Å². The van der Waals surface area contributed by atoms with Crippen LogP contribution in [0.1, 0.15) is 5.56 Å². The van der Waals surface area contributed by atoms with Gasteiger partial charge in [-0.05, 0) is 12.1 Å². The normalized spacial score (nSPS) is 16.9. The Labute approximate surface area is 184 Å². The molecule has 2 aliphatic rings. The van der Waals surface area contributed by atoms with Gasteiger partial charge in [-0.15, -0.1) is 0 Å². The number of hydrogen-bond donors (Lipinski definition) is 1. The molecule has 2 aromatic heterocycles. The van der Waals surface area contributed by atoms with Gasteiger partial charge in [-0.1, -0.05) is 12.1 Å². The van der Waals surface area contributed by atoms with E-state index < -0.39 is 5.82 Å². The number of aromatic nitrogens is 4. The first kappa shape index (κ1) is 20.2. The maximum atomic E-state index is 14.8. The van der Waals surface area contributed by atoms with Crippen molar-refractivity contribution in [3.63, 3.8) is 0 Å². The summed E-state index contributed by atoms with van der Waals surface area (Å²) in [4.78, 5) is 21.3. The summed E-state index contributed by atoms with van der Waals surface area (Å²) < 4.78 is 20.1.